The topological polar surface area (TPSA) is 37.3 Å². The number of halogens is 1. The Morgan fingerprint density at radius 3 is 2.58 bits per heavy atom. The quantitative estimate of drug-likeness (QED) is 0.763. The second-order valence-corrected chi connectivity index (χ2v) is 9.86. The van der Waals surface area contributed by atoms with Gasteiger partial charge < -0.3 is 5.11 Å². The molecule has 2 nitrogen and oxygen atoms in total. The van der Waals surface area contributed by atoms with Crippen LogP contribution in [0.4, 0.5) is 4.39 Å². The second kappa shape index (κ2) is 5.53. The van der Waals surface area contributed by atoms with Gasteiger partial charge in [-0.15, -0.1) is 0 Å². The number of fused-ring (bicyclic) bond motifs is 5. The SMILES string of the molecule is CC[C@H]1CCC2C3C(=O)C[C@@H]4C[C@@H](O)[C@H](F)C[C@]4(C)C3CC[C@@]21C. The van der Waals surface area contributed by atoms with Gasteiger partial charge in [-0.1, -0.05) is 27.2 Å². The third kappa shape index (κ3) is 2.12. The molecule has 3 unspecified atom stereocenters. The van der Waals surface area contributed by atoms with Crippen LogP contribution >= 0.6 is 0 Å². The Morgan fingerprint density at radius 2 is 1.88 bits per heavy atom. The van der Waals surface area contributed by atoms with E-state index in [0.717, 1.165) is 12.3 Å². The van der Waals surface area contributed by atoms with Crippen LogP contribution in [0.5, 0.6) is 0 Å². The van der Waals surface area contributed by atoms with E-state index in [4.69, 9.17) is 0 Å². The van der Waals surface area contributed by atoms with Crippen LogP contribution in [0.1, 0.15) is 72.1 Å². The first kappa shape index (κ1) is 17.0. The fourth-order valence-electron chi connectivity index (χ4n) is 7.69. The first-order valence-corrected chi connectivity index (χ1v) is 10.2. The van der Waals surface area contributed by atoms with Gasteiger partial charge in [-0.25, -0.2) is 4.39 Å². The van der Waals surface area contributed by atoms with Gasteiger partial charge in [0.2, 0.25) is 0 Å². The van der Waals surface area contributed by atoms with Crippen molar-refractivity contribution in [2.24, 2.45) is 40.4 Å². The van der Waals surface area contributed by atoms with Crippen molar-refractivity contribution in [3.8, 4) is 0 Å². The molecule has 24 heavy (non-hydrogen) atoms. The molecule has 0 radical (unpaired) electrons. The summed E-state index contributed by atoms with van der Waals surface area (Å²) >= 11 is 0. The summed E-state index contributed by atoms with van der Waals surface area (Å²) in [7, 11) is 0. The van der Waals surface area contributed by atoms with Crippen LogP contribution in [0.2, 0.25) is 0 Å². The Kier molecular flexibility index (Phi) is 3.91. The van der Waals surface area contributed by atoms with Gasteiger partial charge >= 0.3 is 0 Å². The minimum absolute atomic E-state index is 0.0944. The summed E-state index contributed by atoms with van der Waals surface area (Å²) in [4.78, 5) is 13.1. The van der Waals surface area contributed by atoms with Crippen molar-refractivity contribution < 1.29 is 14.3 Å². The molecule has 0 amide bonds. The number of aliphatic hydroxyl groups excluding tert-OH is 1. The van der Waals surface area contributed by atoms with Crippen LogP contribution in [-0.4, -0.2) is 23.2 Å². The monoisotopic (exact) mass is 336 g/mol. The molecule has 9 atom stereocenters. The van der Waals surface area contributed by atoms with E-state index in [1.165, 1.54) is 25.7 Å². The van der Waals surface area contributed by atoms with Crippen LogP contribution in [0.15, 0.2) is 0 Å². The first-order chi connectivity index (χ1) is 11.3. The second-order valence-electron chi connectivity index (χ2n) is 9.86. The molecular weight excluding hydrogens is 303 g/mol. The van der Waals surface area contributed by atoms with Crippen molar-refractivity contribution in [1.29, 1.82) is 0 Å². The van der Waals surface area contributed by atoms with E-state index >= 15 is 0 Å². The summed E-state index contributed by atoms with van der Waals surface area (Å²) in [6, 6.07) is 0. The lowest BCUT2D eigenvalue weighted by molar-refractivity contribution is -0.166. The van der Waals surface area contributed by atoms with E-state index in [0.29, 0.717) is 42.3 Å². The number of aliphatic hydroxyl groups is 1. The maximum Gasteiger partial charge on any atom is 0.136 e. The highest BCUT2D eigenvalue weighted by molar-refractivity contribution is 5.83. The number of hydrogen-bond donors (Lipinski definition) is 1. The molecule has 1 N–H and O–H groups in total. The van der Waals surface area contributed by atoms with Crippen LogP contribution in [0.3, 0.4) is 0 Å². The summed E-state index contributed by atoms with van der Waals surface area (Å²) in [5, 5.41) is 9.98. The van der Waals surface area contributed by atoms with Gasteiger partial charge in [-0.2, -0.15) is 0 Å². The number of carbonyl (C=O) groups excluding carboxylic acids is 1. The predicted octanol–water partition coefficient (Wildman–Crippen LogP) is 4.54. The largest absolute Gasteiger partial charge is 0.390 e. The molecule has 4 aliphatic rings. The molecule has 0 spiro atoms. The average Bonchev–Trinajstić information content (AvgIpc) is 2.87. The summed E-state index contributed by atoms with van der Waals surface area (Å²) < 4.78 is 14.4. The maximum absolute atomic E-state index is 14.4. The van der Waals surface area contributed by atoms with Gasteiger partial charge in [0, 0.05) is 12.3 Å². The smallest absolute Gasteiger partial charge is 0.136 e. The minimum atomic E-state index is -1.11. The van der Waals surface area contributed by atoms with E-state index in [1.807, 2.05) is 0 Å². The molecule has 4 rings (SSSR count). The molecule has 136 valence electrons. The standard InChI is InChI=1S/C21H33FO2/c1-4-12-5-6-14-19-15(7-8-20(12,14)2)21(3)11-16(22)17(23)9-13(21)10-18(19)24/h12-17,19,23H,4-11H2,1-3H3/t12-,13-,14?,15?,16+,17+,19?,20+,21-/m0/s1. The first-order valence-electron chi connectivity index (χ1n) is 10.2. The van der Waals surface area contributed by atoms with Gasteiger partial charge in [0.25, 0.3) is 0 Å². The number of Topliss-reactive ketones (excluding diaryl/α,β-unsaturated/α-hetero) is 1. The molecule has 3 heteroatoms. The van der Waals surface area contributed by atoms with Gasteiger partial charge in [0.15, 0.2) is 0 Å². The summed E-state index contributed by atoms with van der Waals surface area (Å²) in [6.07, 6.45) is 5.48. The number of carbonyl (C=O) groups is 1. The molecule has 0 heterocycles. The third-order valence-electron chi connectivity index (χ3n) is 9.14. The highest BCUT2D eigenvalue weighted by atomic mass is 19.1. The number of alkyl halides is 1. The van der Waals surface area contributed by atoms with Crippen molar-refractivity contribution in [3.05, 3.63) is 0 Å². The Bertz CT molecular complexity index is 534. The Hall–Kier alpha value is -0.440. The lowest BCUT2D eigenvalue weighted by Gasteiger charge is -2.60. The Labute approximate surface area is 145 Å². The van der Waals surface area contributed by atoms with Crippen molar-refractivity contribution in [2.45, 2.75) is 84.4 Å². The molecule has 0 bridgehead atoms. The van der Waals surface area contributed by atoms with Gasteiger partial charge in [0.1, 0.15) is 12.0 Å². The number of hydrogen-bond acceptors (Lipinski definition) is 2. The molecular formula is C21H33FO2. The van der Waals surface area contributed by atoms with Crippen molar-refractivity contribution >= 4 is 5.78 Å². The lowest BCUT2D eigenvalue weighted by atomic mass is 9.44. The van der Waals surface area contributed by atoms with E-state index < -0.39 is 12.3 Å². The van der Waals surface area contributed by atoms with Gasteiger partial charge in [-0.05, 0) is 73.0 Å². The van der Waals surface area contributed by atoms with Crippen molar-refractivity contribution in [1.82, 2.24) is 0 Å². The summed E-state index contributed by atoms with van der Waals surface area (Å²) in [6.45, 7) is 6.95. The molecule has 4 fully saturated rings. The van der Waals surface area contributed by atoms with Crippen molar-refractivity contribution in [2.75, 3.05) is 0 Å². The van der Waals surface area contributed by atoms with Crippen molar-refractivity contribution in [3.63, 3.8) is 0 Å². The molecule has 4 aliphatic carbocycles. The van der Waals surface area contributed by atoms with E-state index in [9.17, 15) is 14.3 Å². The molecule has 0 aromatic heterocycles. The molecule has 4 saturated carbocycles. The highest BCUT2D eigenvalue weighted by Gasteiger charge is 2.63. The Morgan fingerprint density at radius 1 is 1.17 bits per heavy atom. The fourth-order valence-corrected chi connectivity index (χ4v) is 7.69. The zero-order chi connectivity index (χ0) is 17.3. The Balaban J connectivity index is 1.68. The van der Waals surface area contributed by atoms with E-state index in [1.54, 1.807) is 0 Å². The molecule has 0 aromatic rings. The van der Waals surface area contributed by atoms with Crippen LogP contribution < -0.4 is 0 Å². The fraction of sp³-hybridized carbons (Fsp3) is 0.952. The van der Waals surface area contributed by atoms with Gasteiger partial charge in [0.05, 0.1) is 6.10 Å². The molecule has 0 saturated heterocycles. The highest BCUT2D eigenvalue weighted by Crippen LogP contribution is 2.67. The molecule has 0 aromatic carbocycles. The third-order valence-corrected chi connectivity index (χ3v) is 9.14. The summed E-state index contributed by atoms with van der Waals surface area (Å²) in [5.41, 5.74) is 0.223. The van der Waals surface area contributed by atoms with E-state index in [-0.39, 0.29) is 17.3 Å². The molecule has 0 aliphatic heterocycles. The van der Waals surface area contributed by atoms with Gasteiger partial charge in [-0.3, -0.25) is 4.79 Å². The minimum Gasteiger partial charge on any atom is -0.390 e. The zero-order valence-electron chi connectivity index (χ0n) is 15.4. The maximum atomic E-state index is 14.4. The van der Waals surface area contributed by atoms with Crippen LogP contribution in [0, 0.1) is 40.4 Å². The van der Waals surface area contributed by atoms with E-state index in [2.05, 4.69) is 20.8 Å². The van der Waals surface area contributed by atoms with Crippen LogP contribution in [0.25, 0.3) is 0 Å². The number of rotatable bonds is 1. The zero-order valence-corrected chi connectivity index (χ0v) is 15.4. The summed E-state index contributed by atoms with van der Waals surface area (Å²) in [5.74, 6) is 2.37. The number of ketones is 1. The average molecular weight is 336 g/mol. The lowest BCUT2D eigenvalue weighted by Crippen LogP contribution is -2.59. The predicted molar refractivity (Wildman–Crippen MR) is 92.2 cm³/mol. The van der Waals surface area contributed by atoms with Crippen LogP contribution in [-0.2, 0) is 4.79 Å². The normalized spacial score (nSPS) is 57.2.